The van der Waals surface area contributed by atoms with Crippen molar-refractivity contribution in [2.24, 2.45) is 0 Å². The van der Waals surface area contributed by atoms with Crippen molar-refractivity contribution in [1.82, 2.24) is 9.80 Å². The van der Waals surface area contributed by atoms with E-state index in [1.165, 1.54) is 4.90 Å². The summed E-state index contributed by atoms with van der Waals surface area (Å²) >= 11 is -1.36. The van der Waals surface area contributed by atoms with Crippen LogP contribution in [0.1, 0.15) is 36.8 Å². The zero-order valence-electron chi connectivity index (χ0n) is 19.5. The van der Waals surface area contributed by atoms with Gasteiger partial charge in [0.1, 0.15) is 24.5 Å². The van der Waals surface area contributed by atoms with Crippen molar-refractivity contribution in [1.29, 1.82) is 0 Å². The molecule has 2 heterocycles. The third kappa shape index (κ3) is 5.74. The molecule has 182 valence electrons. The van der Waals surface area contributed by atoms with Gasteiger partial charge in [-0.15, -0.1) is 0 Å². The first kappa shape index (κ1) is 24.6. The van der Waals surface area contributed by atoms with Gasteiger partial charge in [0.25, 0.3) is 0 Å². The first-order valence-electron chi connectivity index (χ1n) is 11.8. The number of ether oxygens (including phenoxy) is 1. The molecule has 0 aromatic heterocycles. The van der Waals surface area contributed by atoms with E-state index in [1.54, 1.807) is 4.90 Å². The average molecular weight is 485 g/mol. The van der Waals surface area contributed by atoms with E-state index in [0.29, 0.717) is 30.8 Å². The first-order chi connectivity index (χ1) is 16.4. The molecular weight excluding hydrogens is 452 g/mol. The van der Waals surface area contributed by atoms with Crippen LogP contribution in [0.3, 0.4) is 0 Å². The van der Waals surface area contributed by atoms with Crippen molar-refractivity contribution >= 4 is 23.2 Å². The summed E-state index contributed by atoms with van der Waals surface area (Å²) in [6.07, 6.45) is 1.35. The predicted molar refractivity (Wildman–Crippen MR) is 130 cm³/mol. The van der Waals surface area contributed by atoms with Gasteiger partial charge in [-0.25, -0.2) is 4.79 Å². The summed E-state index contributed by atoms with van der Waals surface area (Å²) in [6, 6.07) is 15.9. The average Bonchev–Trinajstić information content (AvgIpc) is 3.53. The molecular formula is C26H32N2O5S. The van der Waals surface area contributed by atoms with Crippen molar-refractivity contribution in [3.63, 3.8) is 0 Å². The number of aliphatic hydroxyl groups excluding tert-OH is 1. The molecule has 0 saturated carbocycles. The normalized spacial score (nSPS) is 22.0. The Morgan fingerprint density at radius 1 is 1.06 bits per heavy atom. The first-order valence-corrected chi connectivity index (χ1v) is 13.2. The fourth-order valence-electron chi connectivity index (χ4n) is 4.75. The lowest BCUT2D eigenvalue weighted by Crippen LogP contribution is -2.52. The Balaban J connectivity index is 1.36. The van der Waals surface area contributed by atoms with Gasteiger partial charge in [0.15, 0.2) is 4.90 Å². The Morgan fingerprint density at radius 2 is 1.74 bits per heavy atom. The molecule has 2 saturated heterocycles. The fraction of sp³-hybridized carbons (Fsp3) is 0.462. The van der Waals surface area contributed by atoms with Gasteiger partial charge >= 0.3 is 6.09 Å². The number of hydrogen-bond donors (Lipinski definition) is 1. The molecule has 0 spiro atoms. The third-order valence-corrected chi connectivity index (χ3v) is 8.05. The molecule has 4 atom stereocenters. The summed E-state index contributed by atoms with van der Waals surface area (Å²) in [5.41, 5.74) is 1.97. The molecule has 0 aliphatic carbocycles. The summed E-state index contributed by atoms with van der Waals surface area (Å²) in [5.74, 6) is -0.0813. The third-order valence-electron chi connectivity index (χ3n) is 6.61. The smallest absolute Gasteiger partial charge is 0.410 e. The number of carbonyl (C=O) groups is 2. The summed E-state index contributed by atoms with van der Waals surface area (Å²) in [4.78, 5) is 30.0. The molecule has 1 N–H and O–H groups in total. The highest BCUT2D eigenvalue weighted by molar-refractivity contribution is 7.91. The minimum atomic E-state index is -1.36. The van der Waals surface area contributed by atoms with E-state index in [2.05, 4.69) is 0 Å². The predicted octanol–water partition coefficient (Wildman–Crippen LogP) is 3.26. The van der Waals surface area contributed by atoms with Crippen LogP contribution in [0.15, 0.2) is 59.5 Å². The van der Waals surface area contributed by atoms with Gasteiger partial charge in [-0.3, -0.25) is 9.69 Å². The van der Waals surface area contributed by atoms with Gasteiger partial charge in [0, 0.05) is 13.1 Å². The van der Waals surface area contributed by atoms with Crippen LogP contribution >= 0.6 is 0 Å². The van der Waals surface area contributed by atoms with Crippen LogP contribution < -0.4 is 0 Å². The number of hydrogen-bond acceptors (Lipinski definition) is 5. The molecule has 2 fully saturated rings. The Morgan fingerprint density at radius 3 is 2.47 bits per heavy atom. The lowest BCUT2D eigenvalue weighted by Gasteiger charge is -2.33. The summed E-state index contributed by atoms with van der Waals surface area (Å²) in [7, 11) is 0. The van der Waals surface area contributed by atoms with Crippen LogP contribution in [0.4, 0.5) is 4.79 Å². The van der Waals surface area contributed by atoms with Crippen molar-refractivity contribution in [2.75, 3.05) is 18.8 Å². The molecule has 7 nitrogen and oxygen atoms in total. The molecule has 8 heteroatoms. The Kier molecular flexibility index (Phi) is 8.13. The zero-order valence-corrected chi connectivity index (χ0v) is 20.3. The lowest BCUT2D eigenvalue weighted by atomic mass is 10.1. The molecule has 0 bridgehead atoms. The van der Waals surface area contributed by atoms with E-state index in [-0.39, 0.29) is 18.3 Å². The van der Waals surface area contributed by atoms with Gasteiger partial charge in [-0.1, -0.05) is 48.0 Å². The highest BCUT2D eigenvalue weighted by Crippen LogP contribution is 2.28. The second kappa shape index (κ2) is 11.3. The number of rotatable bonds is 7. The van der Waals surface area contributed by atoms with E-state index in [9.17, 15) is 19.2 Å². The van der Waals surface area contributed by atoms with E-state index >= 15 is 0 Å². The molecule has 34 heavy (non-hydrogen) atoms. The number of benzene rings is 2. The van der Waals surface area contributed by atoms with E-state index < -0.39 is 35.5 Å². The van der Waals surface area contributed by atoms with Gasteiger partial charge in [0.2, 0.25) is 5.91 Å². The second-order valence-electron chi connectivity index (χ2n) is 9.03. The quantitative estimate of drug-likeness (QED) is 0.609. The summed E-state index contributed by atoms with van der Waals surface area (Å²) < 4.78 is 18.2. The van der Waals surface area contributed by atoms with E-state index in [4.69, 9.17) is 4.74 Å². The van der Waals surface area contributed by atoms with Crippen LogP contribution in [0.25, 0.3) is 0 Å². The molecule has 2 unspecified atom stereocenters. The Labute approximate surface area is 203 Å². The maximum atomic E-state index is 13.4. The van der Waals surface area contributed by atoms with Crippen molar-refractivity contribution < 1.29 is 24.0 Å². The minimum absolute atomic E-state index is 0.0744. The zero-order chi connectivity index (χ0) is 24.1. The minimum Gasteiger partial charge on any atom is -0.611 e. The van der Waals surface area contributed by atoms with Gasteiger partial charge < -0.3 is 19.3 Å². The molecule has 2 aliphatic heterocycles. The summed E-state index contributed by atoms with van der Waals surface area (Å²) in [6.45, 7) is 3.13. The number of likely N-dealkylation sites (tertiary alicyclic amines) is 2. The second-order valence-corrected chi connectivity index (χ2v) is 10.5. The molecule has 4 rings (SSSR count). The number of aliphatic hydroxyl groups is 1. The molecule has 0 radical (unpaired) electrons. The number of aryl methyl sites for hydroxylation is 1. The monoisotopic (exact) mass is 484 g/mol. The van der Waals surface area contributed by atoms with Crippen molar-refractivity contribution in [3.05, 3.63) is 65.7 Å². The maximum Gasteiger partial charge on any atom is 0.410 e. The van der Waals surface area contributed by atoms with Crippen molar-refractivity contribution in [2.45, 2.75) is 62.3 Å². The number of nitrogens with zero attached hydrogens (tertiary/aromatic N) is 2. The largest absolute Gasteiger partial charge is 0.611 e. The van der Waals surface area contributed by atoms with Crippen LogP contribution in [0.2, 0.25) is 0 Å². The number of amides is 2. The summed E-state index contributed by atoms with van der Waals surface area (Å²) in [5, 5.41) is 10.9. The maximum absolute atomic E-state index is 13.4. The standard InChI is InChI=1S/C26H32N2O5S/c1-19-11-13-21(14-12-19)34(32)18-24(29)22-9-5-15-27(22)25(30)23-10-6-16-28(23)26(31)33-17-20-7-3-2-4-8-20/h2-4,7-8,11-14,22-24,29H,5-6,9-10,15-18H2,1H3/t22-,23-,24?,34?/m0/s1. The molecule has 2 aromatic carbocycles. The Bertz CT molecular complexity index is 971. The molecule has 2 amide bonds. The van der Waals surface area contributed by atoms with E-state index in [1.807, 2.05) is 61.5 Å². The van der Waals surface area contributed by atoms with Crippen LogP contribution in [0, 0.1) is 6.92 Å². The molecule has 2 aromatic rings. The molecule has 2 aliphatic rings. The highest BCUT2D eigenvalue weighted by atomic mass is 32.2. The fourth-order valence-corrected chi connectivity index (χ4v) is 5.92. The van der Waals surface area contributed by atoms with Crippen LogP contribution in [-0.4, -0.2) is 68.5 Å². The van der Waals surface area contributed by atoms with Gasteiger partial charge in [-0.05, 0) is 61.5 Å². The topological polar surface area (TPSA) is 93.1 Å². The highest BCUT2D eigenvalue weighted by Gasteiger charge is 2.43. The SMILES string of the molecule is Cc1ccc([S+]([O-])CC(O)[C@@H]2CCCN2C(=O)[C@@H]2CCCN2C(=O)OCc2ccccc2)cc1. The Hall–Kier alpha value is -2.55. The van der Waals surface area contributed by atoms with Crippen molar-refractivity contribution in [3.8, 4) is 0 Å². The van der Waals surface area contributed by atoms with Gasteiger partial charge in [-0.2, -0.15) is 0 Å². The van der Waals surface area contributed by atoms with Crippen LogP contribution in [-0.2, 0) is 27.3 Å². The number of carbonyl (C=O) groups excluding carboxylic acids is 2. The lowest BCUT2D eigenvalue weighted by molar-refractivity contribution is -0.138. The van der Waals surface area contributed by atoms with Crippen LogP contribution in [0.5, 0.6) is 0 Å². The van der Waals surface area contributed by atoms with E-state index in [0.717, 1.165) is 24.0 Å². The van der Waals surface area contributed by atoms with Gasteiger partial charge in [0.05, 0.1) is 6.04 Å².